The summed E-state index contributed by atoms with van der Waals surface area (Å²) in [5, 5.41) is 0. The van der Waals surface area contributed by atoms with E-state index in [1.807, 2.05) is 6.07 Å². The van der Waals surface area contributed by atoms with Gasteiger partial charge in [0.15, 0.2) is 0 Å². The van der Waals surface area contributed by atoms with Crippen LogP contribution in [0.5, 0.6) is 0 Å². The van der Waals surface area contributed by atoms with Gasteiger partial charge in [0.2, 0.25) is 0 Å². The number of hydrogen-bond acceptors (Lipinski definition) is 1. The summed E-state index contributed by atoms with van der Waals surface area (Å²) in [5.41, 5.74) is 1.36. The molecule has 2 rings (SSSR count). The molecular weight excluding hydrogens is 226 g/mol. The highest BCUT2D eigenvalue weighted by Gasteiger charge is 2.06. The number of rotatable bonds is 2. The van der Waals surface area contributed by atoms with E-state index in [0.717, 1.165) is 13.1 Å². The first kappa shape index (κ1) is 8.82. The van der Waals surface area contributed by atoms with Gasteiger partial charge in [-0.15, -0.1) is 0 Å². The Morgan fingerprint density at radius 3 is 2.85 bits per heavy atom. The molecule has 1 aliphatic heterocycles. The quantitative estimate of drug-likeness (QED) is 0.764. The fraction of sp³-hybridized carbons (Fsp3) is 0.273. The maximum absolute atomic E-state index is 3.55. The van der Waals surface area contributed by atoms with E-state index in [1.165, 1.54) is 16.5 Å². The zero-order chi connectivity index (χ0) is 9.10. The molecule has 68 valence electrons. The van der Waals surface area contributed by atoms with Crippen molar-refractivity contribution in [2.45, 2.75) is 13.0 Å². The van der Waals surface area contributed by atoms with Crippen molar-refractivity contribution in [3.8, 4) is 0 Å². The fourth-order valence-electron chi connectivity index (χ4n) is 1.52. The highest BCUT2D eigenvalue weighted by molar-refractivity contribution is 9.10. The Balaban J connectivity index is 2.09. The average molecular weight is 238 g/mol. The number of nitrogens with zero attached hydrogens (tertiary/aromatic N) is 1. The molecule has 1 aliphatic rings. The second-order valence-corrected chi connectivity index (χ2v) is 4.09. The lowest BCUT2D eigenvalue weighted by atomic mass is 10.2. The fourth-order valence-corrected chi connectivity index (χ4v) is 1.93. The Kier molecular flexibility index (Phi) is 2.69. The summed E-state index contributed by atoms with van der Waals surface area (Å²) in [5.74, 6) is 0. The first-order valence-corrected chi connectivity index (χ1v) is 5.30. The first-order chi connectivity index (χ1) is 6.36. The average Bonchev–Trinajstić information content (AvgIpc) is 2.61. The Labute approximate surface area is 87.2 Å². The molecule has 2 heteroatoms. The lowest BCUT2D eigenvalue weighted by Crippen LogP contribution is -2.13. The standard InChI is InChI=1S/C11H12BrN/c12-11-6-2-1-5-10(11)9-13-7-3-4-8-13/h1-3,5-7H,4,8-9H2. The maximum Gasteiger partial charge on any atom is 0.0435 e. The highest BCUT2D eigenvalue weighted by atomic mass is 79.9. The molecule has 1 aromatic rings. The van der Waals surface area contributed by atoms with Gasteiger partial charge in [-0.25, -0.2) is 0 Å². The highest BCUT2D eigenvalue weighted by Crippen LogP contribution is 2.19. The van der Waals surface area contributed by atoms with Crippen LogP contribution in [0.25, 0.3) is 0 Å². The summed E-state index contributed by atoms with van der Waals surface area (Å²) >= 11 is 3.55. The van der Waals surface area contributed by atoms with Crippen molar-refractivity contribution < 1.29 is 0 Å². The van der Waals surface area contributed by atoms with Gasteiger partial charge in [0.1, 0.15) is 0 Å². The third-order valence-corrected chi connectivity index (χ3v) is 3.00. The molecule has 13 heavy (non-hydrogen) atoms. The van der Waals surface area contributed by atoms with Crippen molar-refractivity contribution in [3.63, 3.8) is 0 Å². The maximum atomic E-state index is 3.55. The van der Waals surface area contributed by atoms with E-state index in [0.29, 0.717) is 0 Å². The van der Waals surface area contributed by atoms with Crippen LogP contribution in [0.2, 0.25) is 0 Å². The SMILES string of the molecule is Brc1ccccc1CN1C=CCC1. The van der Waals surface area contributed by atoms with Crippen LogP contribution in [0.4, 0.5) is 0 Å². The Hall–Kier alpha value is -0.760. The van der Waals surface area contributed by atoms with E-state index in [2.05, 4.69) is 51.3 Å². The molecule has 0 N–H and O–H groups in total. The molecule has 0 fully saturated rings. The van der Waals surface area contributed by atoms with Crippen molar-refractivity contribution in [3.05, 3.63) is 46.6 Å². The minimum absolute atomic E-state index is 1.01. The zero-order valence-corrected chi connectivity index (χ0v) is 9.00. The summed E-state index contributed by atoms with van der Waals surface area (Å²) in [6.45, 7) is 2.17. The number of benzene rings is 1. The predicted molar refractivity (Wildman–Crippen MR) is 58.3 cm³/mol. The molecule has 1 heterocycles. The zero-order valence-electron chi connectivity index (χ0n) is 7.41. The molecule has 0 radical (unpaired) electrons. The molecule has 0 unspecified atom stereocenters. The van der Waals surface area contributed by atoms with Crippen molar-refractivity contribution in [2.75, 3.05) is 6.54 Å². The van der Waals surface area contributed by atoms with Crippen molar-refractivity contribution in [2.24, 2.45) is 0 Å². The Bertz CT molecular complexity index is 320. The van der Waals surface area contributed by atoms with E-state index in [1.54, 1.807) is 0 Å². The van der Waals surface area contributed by atoms with E-state index in [9.17, 15) is 0 Å². The lowest BCUT2D eigenvalue weighted by Gasteiger charge is -2.15. The van der Waals surface area contributed by atoms with Crippen LogP contribution >= 0.6 is 15.9 Å². The van der Waals surface area contributed by atoms with Crippen molar-refractivity contribution in [1.29, 1.82) is 0 Å². The summed E-state index contributed by atoms with van der Waals surface area (Å²) in [6.07, 6.45) is 5.58. The molecule has 0 aromatic heterocycles. The summed E-state index contributed by atoms with van der Waals surface area (Å²) < 4.78 is 1.20. The molecule has 0 amide bonds. The third-order valence-electron chi connectivity index (χ3n) is 2.23. The van der Waals surface area contributed by atoms with E-state index in [-0.39, 0.29) is 0 Å². The van der Waals surface area contributed by atoms with E-state index >= 15 is 0 Å². The molecule has 1 nitrogen and oxygen atoms in total. The minimum atomic E-state index is 1.01. The van der Waals surface area contributed by atoms with Gasteiger partial charge in [0, 0.05) is 17.6 Å². The van der Waals surface area contributed by atoms with Gasteiger partial charge < -0.3 is 4.90 Å². The topological polar surface area (TPSA) is 3.24 Å². The molecule has 0 saturated carbocycles. The molecule has 0 atom stereocenters. The predicted octanol–water partition coefficient (Wildman–Crippen LogP) is 3.17. The summed E-state index contributed by atoms with van der Waals surface area (Å²) in [6, 6.07) is 8.39. The Morgan fingerprint density at radius 2 is 2.15 bits per heavy atom. The second-order valence-electron chi connectivity index (χ2n) is 3.24. The van der Waals surface area contributed by atoms with E-state index in [4.69, 9.17) is 0 Å². The van der Waals surface area contributed by atoms with Gasteiger partial charge in [0.05, 0.1) is 0 Å². The van der Waals surface area contributed by atoms with Gasteiger partial charge in [-0.05, 0) is 24.3 Å². The molecular formula is C11H12BrN. The van der Waals surface area contributed by atoms with Crippen LogP contribution in [-0.4, -0.2) is 11.4 Å². The lowest BCUT2D eigenvalue weighted by molar-refractivity contribution is 0.399. The largest absolute Gasteiger partial charge is 0.373 e. The number of halogens is 1. The van der Waals surface area contributed by atoms with Gasteiger partial charge >= 0.3 is 0 Å². The molecule has 1 aromatic carbocycles. The van der Waals surface area contributed by atoms with Crippen LogP contribution in [0.3, 0.4) is 0 Å². The monoisotopic (exact) mass is 237 g/mol. The van der Waals surface area contributed by atoms with Gasteiger partial charge in [-0.3, -0.25) is 0 Å². The number of hydrogen-bond donors (Lipinski definition) is 0. The van der Waals surface area contributed by atoms with Crippen LogP contribution < -0.4 is 0 Å². The smallest absolute Gasteiger partial charge is 0.0435 e. The normalized spacial score (nSPS) is 15.3. The van der Waals surface area contributed by atoms with Crippen LogP contribution in [0, 0.1) is 0 Å². The molecule has 0 saturated heterocycles. The summed E-state index contributed by atoms with van der Waals surface area (Å²) in [7, 11) is 0. The minimum Gasteiger partial charge on any atom is -0.373 e. The van der Waals surface area contributed by atoms with Crippen LogP contribution in [-0.2, 0) is 6.54 Å². The van der Waals surface area contributed by atoms with Crippen molar-refractivity contribution >= 4 is 15.9 Å². The van der Waals surface area contributed by atoms with Crippen LogP contribution in [0.1, 0.15) is 12.0 Å². The third kappa shape index (κ3) is 2.13. The van der Waals surface area contributed by atoms with Gasteiger partial charge in [-0.1, -0.05) is 40.2 Å². The van der Waals surface area contributed by atoms with Crippen LogP contribution in [0.15, 0.2) is 41.0 Å². The van der Waals surface area contributed by atoms with E-state index < -0.39 is 0 Å². The molecule has 0 bridgehead atoms. The molecule has 0 spiro atoms. The van der Waals surface area contributed by atoms with Gasteiger partial charge in [0.25, 0.3) is 0 Å². The Morgan fingerprint density at radius 1 is 1.31 bits per heavy atom. The first-order valence-electron chi connectivity index (χ1n) is 4.50. The second kappa shape index (κ2) is 3.97. The summed E-state index contributed by atoms with van der Waals surface area (Å²) in [4.78, 5) is 2.33. The molecule has 0 aliphatic carbocycles. The van der Waals surface area contributed by atoms with Gasteiger partial charge in [-0.2, -0.15) is 0 Å². The van der Waals surface area contributed by atoms with Crippen molar-refractivity contribution in [1.82, 2.24) is 4.90 Å².